The van der Waals surface area contributed by atoms with Gasteiger partial charge in [-0.25, -0.2) is 0 Å². The highest BCUT2D eigenvalue weighted by Gasteiger charge is 2.22. The van der Waals surface area contributed by atoms with Crippen LogP contribution in [0.5, 0.6) is 0 Å². The Morgan fingerprint density at radius 2 is 2.06 bits per heavy atom. The van der Waals surface area contributed by atoms with E-state index in [9.17, 15) is 10.2 Å². The van der Waals surface area contributed by atoms with Crippen molar-refractivity contribution < 1.29 is 10.2 Å². The van der Waals surface area contributed by atoms with E-state index < -0.39 is 0 Å². The number of rotatable bonds is 2. The van der Waals surface area contributed by atoms with Crippen LogP contribution in [-0.4, -0.2) is 29.2 Å². The van der Waals surface area contributed by atoms with Crippen LogP contribution in [0.15, 0.2) is 51.3 Å². The summed E-state index contributed by atoms with van der Waals surface area (Å²) in [5.41, 5.74) is 1.49. The van der Waals surface area contributed by atoms with Gasteiger partial charge in [0.25, 0.3) is 0 Å². The number of aliphatic imine (C=N–C) groups is 1. The molecule has 0 heterocycles. The van der Waals surface area contributed by atoms with E-state index in [0.717, 1.165) is 5.57 Å². The quantitative estimate of drug-likeness (QED) is 0.775. The van der Waals surface area contributed by atoms with Gasteiger partial charge in [-0.1, -0.05) is 18.2 Å². The predicted octanol–water partition coefficient (Wildman–Crippen LogP) is 3.15. The Balaban J connectivity index is 3.30. The monoisotopic (exact) mass is 237 g/mol. The largest absolute Gasteiger partial charge is 0.504 e. The highest BCUT2D eigenvalue weighted by molar-refractivity contribution is 8.03. The van der Waals surface area contributed by atoms with Gasteiger partial charge in [0.15, 0.2) is 11.5 Å². The molecule has 1 aliphatic rings. The molecule has 0 aromatic rings. The van der Waals surface area contributed by atoms with Crippen LogP contribution < -0.4 is 0 Å². The molecule has 0 amide bonds. The third kappa shape index (κ3) is 2.39. The number of hydrogen-bond donors (Lipinski definition) is 2. The van der Waals surface area contributed by atoms with E-state index >= 15 is 0 Å². The number of hydrogen-bond acceptors (Lipinski definition) is 4. The normalized spacial score (nSPS) is 22.3. The minimum atomic E-state index is -0.118. The first-order valence-corrected chi connectivity index (χ1v) is 6.07. The van der Waals surface area contributed by atoms with E-state index in [-0.39, 0.29) is 11.5 Å². The second-order valence-corrected chi connectivity index (χ2v) is 3.95. The van der Waals surface area contributed by atoms with Gasteiger partial charge >= 0.3 is 0 Å². The number of aliphatic hydroxyl groups excluding tert-OH is 2. The Morgan fingerprint density at radius 3 is 2.56 bits per heavy atom. The molecule has 4 heteroatoms. The van der Waals surface area contributed by atoms with Crippen molar-refractivity contribution in [3.63, 3.8) is 0 Å². The van der Waals surface area contributed by atoms with Crippen molar-refractivity contribution in [2.24, 2.45) is 4.99 Å². The molecule has 3 nitrogen and oxygen atoms in total. The SMILES string of the molecule is C\C=C/C=C1/C=C(O)C(O)=C(SC)/C1=N\C. The summed E-state index contributed by atoms with van der Waals surface area (Å²) >= 11 is 1.36. The van der Waals surface area contributed by atoms with Gasteiger partial charge < -0.3 is 10.2 Å². The molecule has 0 saturated carbocycles. The van der Waals surface area contributed by atoms with E-state index in [1.165, 1.54) is 17.8 Å². The Morgan fingerprint density at radius 1 is 1.38 bits per heavy atom. The van der Waals surface area contributed by atoms with Crippen molar-refractivity contribution in [1.29, 1.82) is 0 Å². The maximum Gasteiger partial charge on any atom is 0.173 e. The summed E-state index contributed by atoms with van der Waals surface area (Å²) in [6, 6.07) is 0. The topological polar surface area (TPSA) is 52.8 Å². The number of thioether (sulfide) groups is 1. The molecule has 0 spiro atoms. The molecule has 86 valence electrons. The lowest BCUT2D eigenvalue weighted by atomic mass is 10.0. The summed E-state index contributed by atoms with van der Waals surface area (Å²) in [6.45, 7) is 1.91. The fourth-order valence-corrected chi connectivity index (χ4v) is 2.09. The van der Waals surface area contributed by atoms with Gasteiger partial charge in [0, 0.05) is 12.6 Å². The number of allylic oxidation sites excluding steroid dienone is 6. The van der Waals surface area contributed by atoms with Crippen LogP contribution in [0.25, 0.3) is 0 Å². The summed E-state index contributed by atoms with van der Waals surface area (Å²) in [7, 11) is 1.67. The molecule has 1 aliphatic carbocycles. The highest BCUT2D eigenvalue weighted by Crippen LogP contribution is 2.30. The molecule has 0 saturated heterocycles. The van der Waals surface area contributed by atoms with Crippen LogP contribution in [0.3, 0.4) is 0 Å². The average molecular weight is 237 g/mol. The zero-order valence-electron chi connectivity index (χ0n) is 9.56. The van der Waals surface area contributed by atoms with Gasteiger partial charge in [0.05, 0.1) is 10.6 Å². The van der Waals surface area contributed by atoms with Crippen LogP contribution in [0.4, 0.5) is 0 Å². The third-order valence-electron chi connectivity index (χ3n) is 2.13. The molecular formula is C12H15NO2S. The van der Waals surface area contributed by atoms with Crippen molar-refractivity contribution in [3.8, 4) is 0 Å². The highest BCUT2D eigenvalue weighted by atomic mass is 32.2. The zero-order chi connectivity index (χ0) is 12.1. The summed E-state index contributed by atoms with van der Waals surface area (Å²) in [5.74, 6) is -0.224. The van der Waals surface area contributed by atoms with E-state index in [1.807, 2.05) is 31.4 Å². The van der Waals surface area contributed by atoms with Crippen molar-refractivity contribution in [1.82, 2.24) is 0 Å². The van der Waals surface area contributed by atoms with Gasteiger partial charge in [-0.05, 0) is 19.3 Å². The second-order valence-electron chi connectivity index (χ2n) is 3.13. The first kappa shape index (κ1) is 12.6. The van der Waals surface area contributed by atoms with E-state index in [2.05, 4.69) is 4.99 Å². The Labute approximate surface area is 99.6 Å². The first-order valence-electron chi connectivity index (χ1n) is 4.84. The van der Waals surface area contributed by atoms with Gasteiger partial charge in [-0.2, -0.15) is 0 Å². The summed E-state index contributed by atoms with van der Waals surface area (Å²) in [5, 5.41) is 19.3. The molecular weight excluding hydrogens is 222 g/mol. The smallest absolute Gasteiger partial charge is 0.173 e. The average Bonchev–Trinajstić information content (AvgIpc) is 2.29. The Hall–Kier alpha value is -1.42. The Bertz CT molecular complexity index is 428. The third-order valence-corrected chi connectivity index (χ3v) is 2.93. The van der Waals surface area contributed by atoms with Crippen LogP contribution in [0, 0.1) is 0 Å². The summed E-state index contributed by atoms with van der Waals surface area (Å²) in [6.07, 6.45) is 8.95. The van der Waals surface area contributed by atoms with Gasteiger partial charge in [0.2, 0.25) is 0 Å². The fourth-order valence-electron chi connectivity index (χ4n) is 1.39. The van der Waals surface area contributed by atoms with Crippen molar-refractivity contribution in [2.75, 3.05) is 13.3 Å². The molecule has 16 heavy (non-hydrogen) atoms. The van der Waals surface area contributed by atoms with Gasteiger partial charge in [0.1, 0.15) is 0 Å². The van der Waals surface area contributed by atoms with Crippen molar-refractivity contribution >= 4 is 17.5 Å². The minimum absolute atomic E-state index is 0.106. The molecule has 0 bridgehead atoms. The van der Waals surface area contributed by atoms with Gasteiger partial charge in [-0.15, -0.1) is 11.8 Å². The van der Waals surface area contributed by atoms with Crippen molar-refractivity contribution in [3.05, 3.63) is 46.3 Å². The number of nitrogens with zero attached hydrogens (tertiary/aromatic N) is 1. The predicted molar refractivity (Wildman–Crippen MR) is 70.1 cm³/mol. The van der Waals surface area contributed by atoms with Gasteiger partial charge in [-0.3, -0.25) is 4.99 Å². The summed E-state index contributed by atoms with van der Waals surface area (Å²) in [4.78, 5) is 4.73. The molecule has 0 atom stereocenters. The van der Waals surface area contributed by atoms with E-state index in [0.29, 0.717) is 10.6 Å². The summed E-state index contributed by atoms with van der Waals surface area (Å²) < 4.78 is 0. The lowest BCUT2D eigenvalue weighted by Crippen LogP contribution is -2.12. The zero-order valence-corrected chi connectivity index (χ0v) is 10.4. The molecule has 0 aromatic carbocycles. The first-order chi connectivity index (χ1) is 7.65. The molecule has 0 radical (unpaired) electrons. The second kappa shape index (κ2) is 5.61. The molecule has 2 N–H and O–H groups in total. The van der Waals surface area contributed by atoms with Crippen molar-refractivity contribution in [2.45, 2.75) is 6.92 Å². The van der Waals surface area contributed by atoms with Crippen LogP contribution in [0.2, 0.25) is 0 Å². The van der Waals surface area contributed by atoms with E-state index in [1.54, 1.807) is 7.05 Å². The van der Waals surface area contributed by atoms with Crippen LogP contribution in [0.1, 0.15) is 6.92 Å². The van der Waals surface area contributed by atoms with Crippen LogP contribution in [-0.2, 0) is 0 Å². The molecule has 1 rings (SSSR count). The maximum atomic E-state index is 9.70. The molecule has 0 fully saturated rings. The molecule has 0 aromatic heterocycles. The standard InChI is InChI=1S/C12H15NO2S/c1-4-5-6-8-7-9(14)11(15)12(16-3)10(8)13-2/h4-7,14-15H,1-3H3/b5-4-,8-6-,13-10-. The fraction of sp³-hybridized carbons (Fsp3) is 0.250. The van der Waals surface area contributed by atoms with Crippen LogP contribution >= 0.6 is 11.8 Å². The molecule has 0 unspecified atom stereocenters. The minimum Gasteiger partial charge on any atom is -0.504 e. The number of aliphatic hydroxyl groups is 2. The molecule has 0 aliphatic heterocycles. The van der Waals surface area contributed by atoms with E-state index in [4.69, 9.17) is 0 Å². The Kier molecular flexibility index (Phi) is 4.43. The lowest BCUT2D eigenvalue weighted by Gasteiger charge is -2.16. The lowest BCUT2D eigenvalue weighted by molar-refractivity contribution is 0.325. The maximum absolute atomic E-state index is 9.70.